The number of benzene rings is 2. The maximum absolute atomic E-state index is 11.8. The van der Waals surface area contributed by atoms with Gasteiger partial charge in [-0.15, -0.1) is 0 Å². The van der Waals surface area contributed by atoms with E-state index in [4.69, 9.17) is 0 Å². The number of hydrogen-bond donors (Lipinski definition) is 0. The number of carbonyl (C=O) groups excluding carboxylic acids is 2. The van der Waals surface area contributed by atoms with Gasteiger partial charge in [0, 0.05) is 6.42 Å². The molecule has 0 aliphatic carbocycles. The van der Waals surface area contributed by atoms with Gasteiger partial charge in [0.15, 0.2) is 0 Å². The topological polar surface area (TPSA) is 34.1 Å². The summed E-state index contributed by atoms with van der Waals surface area (Å²) in [5.41, 5.74) is 3.34. The second kappa shape index (κ2) is 8.08. The van der Waals surface area contributed by atoms with Crippen molar-refractivity contribution in [3.8, 4) is 0 Å². The summed E-state index contributed by atoms with van der Waals surface area (Å²) in [7, 11) is 0. The zero-order valence-electron chi connectivity index (χ0n) is 12.8. The average molecular weight is 292 g/mol. The van der Waals surface area contributed by atoms with Gasteiger partial charge in [0.2, 0.25) is 0 Å². The quantitative estimate of drug-likeness (QED) is 0.554. The fourth-order valence-corrected chi connectivity index (χ4v) is 2.34. The first kappa shape index (κ1) is 15.9. The molecule has 0 fully saturated rings. The number of carbonyl (C=O) groups is 2. The molecule has 2 nitrogen and oxygen atoms in total. The van der Waals surface area contributed by atoms with Gasteiger partial charge in [-0.1, -0.05) is 66.7 Å². The van der Waals surface area contributed by atoms with Gasteiger partial charge in [0.1, 0.15) is 11.6 Å². The molecule has 0 saturated carbocycles. The third-order valence-electron chi connectivity index (χ3n) is 3.40. The molecule has 0 N–H and O–H groups in total. The van der Waals surface area contributed by atoms with Crippen molar-refractivity contribution < 1.29 is 9.59 Å². The molecule has 0 aliphatic heterocycles. The zero-order chi connectivity index (χ0) is 15.8. The Bertz CT molecular complexity index is 655. The van der Waals surface area contributed by atoms with Crippen molar-refractivity contribution in [2.45, 2.75) is 26.2 Å². The number of hydrogen-bond acceptors (Lipinski definition) is 2. The minimum Gasteiger partial charge on any atom is -0.300 e. The van der Waals surface area contributed by atoms with Gasteiger partial charge in [-0.05, 0) is 30.0 Å². The van der Waals surface area contributed by atoms with Gasteiger partial charge in [-0.3, -0.25) is 9.59 Å². The summed E-state index contributed by atoms with van der Waals surface area (Å²) in [6.07, 6.45) is 3.18. The van der Waals surface area contributed by atoms with Crippen LogP contribution in [0.5, 0.6) is 0 Å². The van der Waals surface area contributed by atoms with Crippen molar-refractivity contribution in [2.75, 3.05) is 0 Å². The monoisotopic (exact) mass is 292 g/mol. The molecule has 0 heterocycles. The molecule has 112 valence electrons. The van der Waals surface area contributed by atoms with E-state index < -0.39 is 0 Å². The average Bonchev–Trinajstić information content (AvgIpc) is 2.52. The van der Waals surface area contributed by atoms with E-state index in [0.717, 1.165) is 16.7 Å². The van der Waals surface area contributed by atoms with E-state index in [1.165, 1.54) is 6.92 Å². The molecule has 0 atom stereocenters. The maximum Gasteiger partial charge on any atom is 0.140 e. The molecule has 2 aromatic rings. The van der Waals surface area contributed by atoms with Gasteiger partial charge in [0.25, 0.3) is 0 Å². The van der Waals surface area contributed by atoms with Crippen LogP contribution < -0.4 is 0 Å². The van der Waals surface area contributed by atoms with Crippen LogP contribution in [0.15, 0.2) is 60.7 Å². The van der Waals surface area contributed by atoms with Crippen molar-refractivity contribution >= 4 is 23.2 Å². The van der Waals surface area contributed by atoms with E-state index >= 15 is 0 Å². The molecule has 0 amide bonds. The zero-order valence-corrected chi connectivity index (χ0v) is 12.8. The Labute approximate surface area is 131 Å². The summed E-state index contributed by atoms with van der Waals surface area (Å²) >= 11 is 0. The van der Waals surface area contributed by atoms with E-state index in [9.17, 15) is 9.59 Å². The third-order valence-corrected chi connectivity index (χ3v) is 3.40. The minimum atomic E-state index is -0.0710. The molecule has 0 unspecified atom stereocenters. The summed E-state index contributed by atoms with van der Waals surface area (Å²) < 4.78 is 0. The molecule has 0 bridgehead atoms. The largest absolute Gasteiger partial charge is 0.300 e. The van der Waals surface area contributed by atoms with Crippen molar-refractivity contribution in [2.24, 2.45) is 0 Å². The Morgan fingerprint density at radius 1 is 0.864 bits per heavy atom. The fraction of sp³-hybridized carbons (Fsp3) is 0.200. The van der Waals surface area contributed by atoms with E-state index in [1.807, 2.05) is 60.7 Å². The van der Waals surface area contributed by atoms with Gasteiger partial charge in [-0.25, -0.2) is 0 Å². The Kier molecular flexibility index (Phi) is 5.84. The Balaban J connectivity index is 2.18. The van der Waals surface area contributed by atoms with Crippen molar-refractivity contribution in [3.05, 3.63) is 71.8 Å². The Morgan fingerprint density at radius 2 is 1.45 bits per heavy atom. The van der Waals surface area contributed by atoms with Gasteiger partial charge < -0.3 is 0 Å². The smallest absolute Gasteiger partial charge is 0.140 e. The number of allylic oxidation sites excluding steroid dienone is 1. The molecule has 0 saturated heterocycles. The molecule has 0 spiro atoms. The lowest BCUT2D eigenvalue weighted by Gasteiger charge is -2.08. The van der Waals surface area contributed by atoms with Crippen molar-refractivity contribution in [1.82, 2.24) is 0 Å². The van der Waals surface area contributed by atoms with Crippen LogP contribution in [0, 0.1) is 0 Å². The lowest BCUT2D eigenvalue weighted by molar-refractivity contribution is -0.125. The molecule has 0 radical (unpaired) electrons. The van der Waals surface area contributed by atoms with E-state index in [-0.39, 0.29) is 18.0 Å². The summed E-state index contributed by atoms with van der Waals surface area (Å²) in [5, 5.41) is 0. The molecule has 22 heavy (non-hydrogen) atoms. The third kappa shape index (κ3) is 5.13. The van der Waals surface area contributed by atoms with Crippen LogP contribution in [0.3, 0.4) is 0 Å². The molecular weight excluding hydrogens is 272 g/mol. The molecular formula is C20H20O2. The van der Waals surface area contributed by atoms with Crippen LogP contribution in [0.1, 0.15) is 37.3 Å². The minimum absolute atomic E-state index is 0.00222. The number of Topliss-reactive ketones (excluding diaryl/α,β-unsaturated/α-hetero) is 2. The number of ketones is 2. The molecule has 0 aliphatic rings. The van der Waals surface area contributed by atoms with E-state index in [0.29, 0.717) is 12.8 Å². The summed E-state index contributed by atoms with van der Waals surface area (Å²) in [5.74, 6) is -0.0688. The second-order valence-corrected chi connectivity index (χ2v) is 5.36. The van der Waals surface area contributed by atoms with Crippen LogP contribution in [0.25, 0.3) is 11.6 Å². The highest BCUT2D eigenvalue weighted by Crippen LogP contribution is 2.23. The predicted octanol–water partition coefficient (Wildman–Crippen LogP) is 4.56. The molecule has 2 rings (SSSR count). The molecule has 2 aromatic carbocycles. The van der Waals surface area contributed by atoms with Crippen LogP contribution in [-0.2, 0) is 9.59 Å². The van der Waals surface area contributed by atoms with E-state index in [2.05, 4.69) is 6.08 Å². The van der Waals surface area contributed by atoms with Crippen molar-refractivity contribution in [1.29, 1.82) is 0 Å². The first-order chi connectivity index (χ1) is 10.6. The highest BCUT2D eigenvalue weighted by molar-refractivity contribution is 5.98. The highest BCUT2D eigenvalue weighted by Gasteiger charge is 2.08. The summed E-state index contributed by atoms with van der Waals surface area (Å²) in [6.45, 7) is 1.45. The fourth-order valence-electron chi connectivity index (χ4n) is 2.34. The lowest BCUT2D eigenvalue weighted by Crippen LogP contribution is -2.04. The SMILES string of the molecule is CC(=O)CC(=O)CCC(=Cc1ccccc1)c1ccccc1. The summed E-state index contributed by atoms with van der Waals surface area (Å²) in [6, 6.07) is 20.1. The van der Waals surface area contributed by atoms with E-state index in [1.54, 1.807) is 0 Å². The second-order valence-electron chi connectivity index (χ2n) is 5.36. The van der Waals surface area contributed by atoms with Crippen LogP contribution >= 0.6 is 0 Å². The number of rotatable bonds is 7. The van der Waals surface area contributed by atoms with Crippen LogP contribution in [-0.4, -0.2) is 11.6 Å². The first-order valence-electron chi connectivity index (χ1n) is 7.47. The van der Waals surface area contributed by atoms with Gasteiger partial charge >= 0.3 is 0 Å². The maximum atomic E-state index is 11.8. The first-order valence-corrected chi connectivity index (χ1v) is 7.47. The Hall–Kier alpha value is -2.48. The Morgan fingerprint density at radius 3 is 2.05 bits per heavy atom. The van der Waals surface area contributed by atoms with Crippen LogP contribution in [0.2, 0.25) is 0 Å². The molecule has 0 aromatic heterocycles. The predicted molar refractivity (Wildman–Crippen MR) is 90.3 cm³/mol. The van der Waals surface area contributed by atoms with Gasteiger partial charge in [-0.2, -0.15) is 0 Å². The standard InChI is InChI=1S/C20H20O2/c1-16(21)14-20(22)13-12-19(18-10-6-3-7-11-18)15-17-8-4-2-5-9-17/h2-11,15H,12-14H2,1H3. The van der Waals surface area contributed by atoms with Gasteiger partial charge in [0.05, 0.1) is 6.42 Å². The van der Waals surface area contributed by atoms with Crippen LogP contribution in [0.4, 0.5) is 0 Å². The summed E-state index contributed by atoms with van der Waals surface area (Å²) in [4.78, 5) is 22.8. The lowest BCUT2D eigenvalue weighted by atomic mass is 9.96. The highest BCUT2D eigenvalue weighted by atomic mass is 16.1. The normalized spacial score (nSPS) is 11.2. The van der Waals surface area contributed by atoms with Crippen molar-refractivity contribution in [3.63, 3.8) is 0 Å². The molecule has 2 heteroatoms.